The second kappa shape index (κ2) is 9.42. The molecule has 0 aliphatic carbocycles. The van der Waals surface area contributed by atoms with Gasteiger partial charge in [-0.05, 0) is 12.3 Å². The lowest BCUT2D eigenvalue weighted by molar-refractivity contribution is -0.134. The lowest BCUT2D eigenvalue weighted by Gasteiger charge is -2.27. The molecule has 102 valence electrons. The van der Waals surface area contributed by atoms with Gasteiger partial charge in [0.1, 0.15) is 0 Å². The van der Waals surface area contributed by atoms with Gasteiger partial charge in [-0.15, -0.1) is 0 Å². The fourth-order valence-electron chi connectivity index (χ4n) is 1.72. The Morgan fingerprint density at radius 2 is 2.06 bits per heavy atom. The highest BCUT2D eigenvalue weighted by molar-refractivity contribution is 5.81. The third kappa shape index (κ3) is 7.34. The van der Waals surface area contributed by atoms with E-state index < -0.39 is 0 Å². The molecule has 0 saturated carbocycles. The molecule has 0 aromatic heterocycles. The number of hydrogen-bond acceptors (Lipinski definition) is 3. The first-order valence-electron chi connectivity index (χ1n) is 6.56. The van der Waals surface area contributed by atoms with Gasteiger partial charge in [0.15, 0.2) is 0 Å². The number of unbranched alkanes of at least 4 members (excludes halogenated alkanes) is 1. The summed E-state index contributed by atoms with van der Waals surface area (Å²) >= 11 is 0. The van der Waals surface area contributed by atoms with Crippen LogP contribution in [0.2, 0.25) is 0 Å². The molecule has 1 amide bonds. The Morgan fingerprint density at radius 1 is 1.41 bits per heavy atom. The van der Waals surface area contributed by atoms with Gasteiger partial charge in [-0.3, -0.25) is 4.79 Å². The first-order chi connectivity index (χ1) is 8.02. The maximum atomic E-state index is 12.1. The molecule has 1 atom stereocenters. The van der Waals surface area contributed by atoms with Gasteiger partial charge in [0.25, 0.3) is 0 Å². The monoisotopic (exact) mass is 244 g/mol. The summed E-state index contributed by atoms with van der Waals surface area (Å²) in [6.07, 6.45) is 2.85. The Hall–Kier alpha value is -0.610. The van der Waals surface area contributed by atoms with Crippen molar-refractivity contribution >= 4 is 5.91 Å². The van der Waals surface area contributed by atoms with Crippen molar-refractivity contribution in [2.75, 3.05) is 26.8 Å². The molecule has 0 aromatic carbocycles. The molecule has 0 aliphatic heterocycles. The van der Waals surface area contributed by atoms with Gasteiger partial charge in [-0.1, -0.05) is 33.6 Å². The summed E-state index contributed by atoms with van der Waals surface area (Å²) in [6, 6.07) is -0.356. The molecule has 4 heteroatoms. The van der Waals surface area contributed by atoms with Crippen LogP contribution in [-0.4, -0.2) is 43.7 Å². The third-order valence-electron chi connectivity index (χ3n) is 2.65. The standard InChI is InChI=1S/C13H28N2O2/c1-5-6-7-12(14)13(16)15(8-9-17-4)10-11(2)3/h11-12H,5-10,14H2,1-4H3/t12-/m0/s1. The maximum Gasteiger partial charge on any atom is 0.239 e. The number of hydrogen-bond donors (Lipinski definition) is 1. The van der Waals surface area contributed by atoms with Crippen LogP contribution in [0.1, 0.15) is 40.0 Å². The van der Waals surface area contributed by atoms with E-state index in [0.29, 0.717) is 19.1 Å². The summed E-state index contributed by atoms with van der Waals surface area (Å²) in [6.45, 7) is 8.26. The third-order valence-corrected chi connectivity index (χ3v) is 2.65. The molecule has 17 heavy (non-hydrogen) atoms. The minimum absolute atomic E-state index is 0.0594. The first-order valence-corrected chi connectivity index (χ1v) is 6.56. The molecular weight excluding hydrogens is 216 g/mol. The average Bonchev–Trinajstić information content (AvgIpc) is 2.29. The summed E-state index contributed by atoms with van der Waals surface area (Å²) in [5.74, 6) is 0.512. The molecule has 0 bridgehead atoms. The lowest BCUT2D eigenvalue weighted by Crippen LogP contribution is -2.46. The zero-order valence-electron chi connectivity index (χ0n) is 11.7. The Bertz CT molecular complexity index is 208. The molecule has 0 heterocycles. The van der Waals surface area contributed by atoms with Crippen LogP contribution in [0.15, 0.2) is 0 Å². The molecule has 4 nitrogen and oxygen atoms in total. The quantitative estimate of drug-likeness (QED) is 0.671. The second-order valence-electron chi connectivity index (χ2n) is 4.92. The van der Waals surface area contributed by atoms with Crippen molar-refractivity contribution in [1.82, 2.24) is 4.90 Å². The largest absolute Gasteiger partial charge is 0.383 e. The number of carbonyl (C=O) groups excluding carboxylic acids is 1. The van der Waals surface area contributed by atoms with E-state index in [4.69, 9.17) is 10.5 Å². The van der Waals surface area contributed by atoms with Crippen LogP contribution >= 0.6 is 0 Å². The number of amides is 1. The zero-order chi connectivity index (χ0) is 13.3. The summed E-state index contributed by atoms with van der Waals surface area (Å²) in [4.78, 5) is 14.0. The molecule has 0 radical (unpaired) electrons. The van der Waals surface area contributed by atoms with E-state index >= 15 is 0 Å². The summed E-state index contributed by atoms with van der Waals surface area (Å²) in [5, 5.41) is 0. The van der Waals surface area contributed by atoms with Gasteiger partial charge in [0.2, 0.25) is 5.91 Å². The molecule has 0 unspecified atom stereocenters. The van der Waals surface area contributed by atoms with Crippen molar-refractivity contribution in [1.29, 1.82) is 0 Å². The van der Waals surface area contributed by atoms with Gasteiger partial charge < -0.3 is 15.4 Å². The number of carbonyl (C=O) groups is 1. The highest BCUT2D eigenvalue weighted by Gasteiger charge is 2.20. The van der Waals surface area contributed by atoms with Crippen molar-refractivity contribution in [2.45, 2.75) is 46.1 Å². The van der Waals surface area contributed by atoms with Crippen LogP contribution < -0.4 is 5.73 Å². The van der Waals surface area contributed by atoms with Crippen LogP contribution in [0.5, 0.6) is 0 Å². The van der Waals surface area contributed by atoms with Gasteiger partial charge in [-0.2, -0.15) is 0 Å². The molecule has 0 aromatic rings. The zero-order valence-corrected chi connectivity index (χ0v) is 11.7. The summed E-state index contributed by atoms with van der Waals surface area (Å²) in [5.41, 5.74) is 5.92. The minimum Gasteiger partial charge on any atom is -0.383 e. The van der Waals surface area contributed by atoms with Gasteiger partial charge in [0, 0.05) is 20.2 Å². The Morgan fingerprint density at radius 3 is 2.53 bits per heavy atom. The normalized spacial score (nSPS) is 12.8. The van der Waals surface area contributed by atoms with Crippen LogP contribution in [0.4, 0.5) is 0 Å². The Kier molecular flexibility index (Phi) is 9.09. The van der Waals surface area contributed by atoms with Crippen molar-refractivity contribution in [2.24, 2.45) is 11.7 Å². The summed E-state index contributed by atoms with van der Waals surface area (Å²) < 4.78 is 5.03. The summed E-state index contributed by atoms with van der Waals surface area (Å²) in [7, 11) is 1.65. The molecule has 2 N–H and O–H groups in total. The predicted octanol–water partition coefficient (Wildman–Crippen LogP) is 1.63. The van der Waals surface area contributed by atoms with Crippen molar-refractivity contribution < 1.29 is 9.53 Å². The average molecular weight is 244 g/mol. The first kappa shape index (κ1) is 16.4. The van der Waals surface area contributed by atoms with Crippen LogP contribution in [0.25, 0.3) is 0 Å². The van der Waals surface area contributed by atoms with E-state index in [-0.39, 0.29) is 11.9 Å². The van der Waals surface area contributed by atoms with Gasteiger partial charge in [-0.25, -0.2) is 0 Å². The number of ether oxygens (including phenoxy) is 1. The van der Waals surface area contributed by atoms with E-state index in [2.05, 4.69) is 20.8 Å². The fraction of sp³-hybridized carbons (Fsp3) is 0.923. The van der Waals surface area contributed by atoms with E-state index in [9.17, 15) is 4.79 Å². The smallest absolute Gasteiger partial charge is 0.239 e. The van der Waals surface area contributed by atoms with E-state index in [1.165, 1.54) is 0 Å². The van der Waals surface area contributed by atoms with E-state index in [1.54, 1.807) is 7.11 Å². The molecule has 0 aliphatic rings. The SMILES string of the molecule is CCCC[C@H](N)C(=O)N(CCOC)CC(C)C. The molecular formula is C13H28N2O2. The number of nitrogens with two attached hydrogens (primary N) is 1. The lowest BCUT2D eigenvalue weighted by atomic mass is 10.1. The number of rotatable bonds is 9. The van der Waals surface area contributed by atoms with Gasteiger partial charge >= 0.3 is 0 Å². The Labute approximate surface area is 105 Å². The number of nitrogens with zero attached hydrogens (tertiary/aromatic N) is 1. The maximum absolute atomic E-state index is 12.1. The van der Waals surface area contributed by atoms with Crippen molar-refractivity contribution in [3.05, 3.63) is 0 Å². The van der Waals surface area contributed by atoms with Crippen LogP contribution in [-0.2, 0) is 9.53 Å². The molecule has 0 spiro atoms. The van der Waals surface area contributed by atoms with Crippen LogP contribution in [0, 0.1) is 5.92 Å². The molecule has 0 rings (SSSR count). The topological polar surface area (TPSA) is 55.6 Å². The van der Waals surface area contributed by atoms with E-state index in [0.717, 1.165) is 25.8 Å². The van der Waals surface area contributed by atoms with Crippen molar-refractivity contribution in [3.8, 4) is 0 Å². The molecule has 0 saturated heterocycles. The second-order valence-corrected chi connectivity index (χ2v) is 4.92. The van der Waals surface area contributed by atoms with Crippen LogP contribution in [0.3, 0.4) is 0 Å². The predicted molar refractivity (Wildman–Crippen MR) is 70.8 cm³/mol. The highest BCUT2D eigenvalue weighted by Crippen LogP contribution is 2.05. The number of methoxy groups -OCH3 is 1. The van der Waals surface area contributed by atoms with Crippen molar-refractivity contribution in [3.63, 3.8) is 0 Å². The van der Waals surface area contributed by atoms with Gasteiger partial charge in [0.05, 0.1) is 12.6 Å². The van der Waals surface area contributed by atoms with E-state index in [1.807, 2.05) is 4.90 Å². The molecule has 0 fully saturated rings. The highest BCUT2D eigenvalue weighted by atomic mass is 16.5. The fourth-order valence-corrected chi connectivity index (χ4v) is 1.72. The minimum atomic E-state index is -0.356. The Balaban J connectivity index is 4.28.